The topological polar surface area (TPSA) is 150 Å². The van der Waals surface area contributed by atoms with Crippen molar-refractivity contribution in [2.45, 2.75) is 0 Å². The molecular weight excluding hydrogens is 316 g/mol. The third kappa shape index (κ3) is 2.88. The molecule has 10 nitrogen and oxygen atoms in total. The highest BCUT2D eigenvalue weighted by molar-refractivity contribution is 5.96. The molecule has 0 unspecified atom stereocenters. The number of hydrogen-bond acceptors (Lipinski definition) is 7. The molecule has 3 rings (SSSR count). The standard InChI is InChI=1S/C14H10N6O4/c15-13(21)12-11(17-19-18-12)8-3-5-9(6-4-8)24-14-10(20(22)23)2-1-7-16-14/h1-7H,(H2,15,21)(H,17,18,19). The molecule has 0 bridgehead atoms. The van der Waals surface area contributed by atoms with Gasteiger partial charge in [0.2, 0.25) is 0 Å². The van der Waals surface area contributed by atoms with E-state index in [0.717, 1.165) is 0 Å². The molecule has 0 spiro atoms. The first-order chi connectivity index (χ1) is 11.6. The van der Waals surface area contributed by atoms with Crippen LogP contribution >= 0.6 is 0 Å². The molecule has 0 saturated carbocycles. The quantitative estimate of drug-likeness (QED) is 0.534. The Balaban J connectivity index is 1.87. The van der Waals surface area contributed by atoms with Crippen molar-refractivity contribution in [1.29, 1.82) is 0 Å². The van der Waals surface area contributed by atoms with Crippen molar-refractivity contribution < 1.29 is 14.5 Å². The minimum Gasteiger partial charge on any atom is -0.434 e. The number of benzene rings is 1. The van der Waals surface area contributed by atoms with Gasteiger partial charge in [0.05, 0.1) is 4.92 Å². The Morgan fingerprint density at radius 2 is 1.96 bits per heavy atom. The average molecular weight is 326 g/mol. The molecule has 120 valence electrons. The van der Waals surface area contributed by atoms with E-state index in [1.54, 1.807) is 24.3 Å². The largest absolute Gasteiger partial charge is 0.434 e. The van der Waals surface area contributed by atoms with Crippen LogP contribution in [-0.2, 0) is 0 Å². The minimum atomic E-state index is -0.705. The summed E-state index contributed by atoms with van der Waals surface area (Å²) in [5.74, 6) is -0.484. The molecule has 0 aliphatic rings. The lowest BCUT2D eigenvalue weighted by molar-refractivity contribution is -0.386. The smallest absolute Gasteiger partial charge is 0.331 e. The summed E-state index contributed by atoms with van der Waals surface area (Å²) in [5, 5.41) is 20.8. The van der Waals surface area contributed by atoms with Crippen LogP contribution in [0.3, 0.4) is 0 Å². The third-order valence-corrected chi connectivity index (χ3v) is 3.07. The maximum Gasteiger partial charge on any atom is 0.331 e. The fourth-order valence-corrected chi connectivity index (χ4v) is 2.00. The Bertz CT molecular complexity index is 906. The SMILES string of the molecule is NC(=O)c1n[nH]nc1-c1ccc(Oc2ncccc2[N+](=O)[O-])cc1. The normalized spacial score (nSPS) is 10.3. The van der Waals surface area contributed by atoms with Gasteiger partial charge in [0.1, 0.15) is 11.4 Å². The summed E-state index contributed by atoms with van der Waals surface area (Å²) in [6, 6.07) is 9.11. The van der Waals surface area contributed by atoms with Crippen LogP contribution in [0.25, 0.3) is 11.3 Å². The first-order valence-corrected chi connectivity index (χ1v) is 6.64. The highest BCUT2D eigenvalue weighted by Crippen LogP contribution is 2.30. The Morgan fingerprint density at radius 1 is 1.21 bits per heavy atom. The van der Waals surface area contributed by atoms with E-state index in [9.17, 15) is 14.9 Å². The predicted octanol–water partition coefficient (Wildman–Crippen LogP) is 1.67. The first kappa shape index (κ1) is 15.1. The Kier molecular flexibility index (Phi) is 3.85. The number of carbonyl (C=O) groups excluding carboxylic acids is 1. The van der Waals surface area contributed by atoms with Crippen molar-refractivity contribution in [3.8, 4) is 22.9 Å². The molecule has 0 fully saturated rings. The van der Waals surface area contributed by atoms with Gasteiger partial charge >= 0.3 is 5.69 Å². The minimum absolute atomic E-state index is 0.0176. The van der Waals surface area contributed by atoms with Crippen LogP contribution in [0, 0.1) is 10.1 Å². The molecular formula is C14H10N6O4. The van der Waals surface area contributed by atoms with Crippen molar-refractivity contribution >= 4 is 11.6 Å². The second kappa shape index (κ2) is 6.12. The third-order valence-electron chi connectivity index (χ3n) is 3.07. The lowest BCUT2D eigenvalue weighted by Crippen LogP contribution is -2.12. The number of pyridine rings is 1. The number of nitrogens with one attached hydrogen (secondary N) is 1. The van der Waals surface area contributed by atoms with Gasteiger partial charge in [-0.05, 0) is 30.3 Å². The van der Waals surface area contributed by atoms with Crippen LogP contribution in [0.2, 0.25) is 0 Å². The number of rotatable bonds is 5. The molecule has 24 heavy (non-hydrogen) atoms. The lowest BCUT2D eigenvalue weighted by Gasteiger charge is -2.05. The molecule has 3 aromatic rings. The van der Waals surface area contributed by atoms with Crippen LogP contribution in [-0.4, -0.2) is 31.2 Å². The van der Waals surface area contributed by atoms with E-state index in [1.807, 2.05) is 0 Å². The lowest BCUT2D eigenvalue weighted by atomic mass is 10.1. The zero-order valence-corrected chi connectivity index (χ0v) is 12.0. The van der Waals surface area contributed by atoms with Gasteiger partial charge in [-0.1, -0.05) is 0 Å². The number of aromatic nitrogens is 4. The average Bonchev–Trinajstić information content (AvgIpc) is 3.06. The van der Waals surface area contributed by atoms with Gasteiger partial charge in [0, 0.05) is 17.8 Å². The van der Waals surface area contributed by atoms with Crippen LogP contribution in [0.5, 0.6) is 11.6 Å². The fraction of sp³-hybridized carbons (Fsp3) is 0. The van der Waals surface area contributed by atoms with E-state index in [2.05, 4.69) is 20.4 Å². The number of hydrogen-bond donors (Lipinski definition) is 2. The van der Waals surface area contributed by atoms with E-state index < -0.39 is 10.8 Å². The number of nitrogens with two attached hydrogens (primary N) is 1. The van der Waals surface area contributed by atoms with Gasteiger partial charge in [-0.15, -0.1) is 0 Å². The molecule has 2 heterocycles. The van der Waals surface area contributed by atoms with Gasteiger partial charge in [0.25, 0.3) is 11.8 Å². The summed E-state index contributed by atoms with van der Waals surface area (Å²) in [6.07, 6.45) is 1.39. The zero-order chi connectivity index (χ0) is 17.1. The molecule has 0 saturated heterocycles. The molecule has 1 amide bonds. The van der Waals surface area contributed by atoms with E-state index >= 15 is 0 Å². The van der Waals surface area contributed by atoms with Crippen molar-refractivity contribution in [1.82, 2.24) is 20.4 Å². The Morgan fingerprint density at radius 3 is 2.62 bits per heavy atom. The molecule has 0 aliphatic heterocycles. The number of carbonyl (C=O) groups is 1. The maximum atomic E-state index is 11.3. The van der Waals surface area contributed by atoms with Crippen molar-refractivity contribution in [3.05, 3.63) is 58.4 Å². The second-order valence-corrected chi connectivity index (χ2v) is 4.60. The zero-order valence-electron chi connectivity index (χ0n) is 12.0. The first-order valence-electron chi connectivity index (χ1n) is 6.64. The number of ether oxygens (including phenoxy) is 1. The Hall–Kier alpha value is -3.82. The number of H-pyrrole nitrogens is 1. The summed E-state index contributed by atoms with van der Waals surface area (Å²) in [6.45, 7) is 0. The van der Waals surface area contributed by atoms with Gasteiger partial charge in [0.15, 0.2) is 5.69 Å². The van der Waals surface area contributed by atoms with Gasteiger partial charge in [-0.2, -0.15) is 15.4 Å². The highest BCUT2D eigenvalue weighted by atomic mass is 16.6. The fourth-order valence-electron chi connectivity index (χ4n) is 2.00. The molecule has 2 aromatic heterocycles. The van der Waals surface area contributed by atoms with E-state index in [-0.39, 0.29) is 17.3 Å². The van der Waals surface area contributed by atoms with Crippen LogP contribution in [0.15, 0.2) is 42.6 Å². The van der Waals surface area contributed by atoms with E-state index in [4.69, 9.17) is 10.5 Å². The highest BCUT2D eigenvalue weighted by Gasteiger charge is 2.17. The number of primary amides is 1. The summed E-state index contributed by atoms with van der Waals surface area (Å²) < 4.78 is 5.43. The molecule has 10 heteroatoms. The summed E-state index contributed by atoms with van der Waals surface area (Å²) >= 11 is 0. The second-order valence-electron chi connectivity index (χ2n) is 4.60. The van der Waals surface area contributed by atoms with Crippen molar-refractivity contribution in [2.24, 2.45) is 5.73 Å². The predicted molar refractivity (Wildman–Crippen MR) is 81.3 cm³/mol. The van der Waals surface area contributed by atoms with Crippen LogP contribution in [0.1, 0.15) is 10.5 Å². The number of nitro groups is 1. The number of amides is 1. The number of nitrogens with zero attached hydrogens (tertiary/aromatic N) is 4. The summed E-state index contributed by atoms with van der Waals surface area (Å²) in [5.41, 5.74) is 5.88. The van der Waals surface area contributed by atoms with Gasteiger partial charge in [-0.3, -0.25) is 14.9 Å². The Labute approximate surface area is 134 Å². The van der Waals surface area contributed by atoms with Crippen molar-refractivity contribution in [3.63, 3.8) is 0 Å². The molecule has 0 atom stereocenters. The van der Waals surface area contributed by atoms with E-state index in [1.165, 1.54) is 18.3 Å². The number of aromatic amines is 1. The maximum absolute atomic E-state index is 11.3. The molecule has 0 radical (unpaired) electrons. The summed E-state index contributed by atoms with van der Waals surface area (Å²) in [7, 11) is 0. The van der Waals surface area contributed by atoms with Crippen LogP contribution in [0.4, 0.5) is 5.69 Å². The molecule has 0 aliphatic carbocycles. The van der Waals surface area contributed by atoms with Gasteiger partial charge in [-0.25, -0.2) is 4.98 Å². The monoisotopic (exact) mass is 326 g/mol. The van der Waals surface area contributed by atoms with Crippen LogP contribution < -0.4 is 10.5 Å². The van der Waals surface area contributed by atoms with E-state index in [0.29, 0.717) is 17.0 Å². The van der Waals surface area contributed by atoms with Gasteiger partial charge < -0.3 is 10.5 Å². The summed E-state index contributed by atoms with van der Waals surface area (Å²) in [4.78, 5) is 25.5. The van der Waals surface area contributed by atoms with Crippen molar-refractivity contribution in [2.75, 3.05) is 0 Å². The molecule has 3 N–H and O–H groups in total. The molecule has 1 aromatic carbocycles.